The first kappa shape index (κ1) is 18.3. The standard InChI is InChI=1S/C16H15N3O5S/c1-23-14-8-5-12(9-15(14)24-2)16(20)18-19-25(21,22)13-6-3-11(10-17)4-7-13/h3-9,19H,1-2H3,(H,18,20). The molecule has 0 radical (unpaired) electrons. The van der Waals surface area contributed by atoms with Crippen LogP contribution in [0.5, 0.6) is 11.5 Å². The zero-order valence-corrected chi connectivity index (χ0v) is 14.3. The molecule has 2 N–H and O–H groups in total. The van der Waals surface area contributed by atoms with Crippen molar-refractivity contribution in [2.24, 2.45) is 0 Å². The Hall–Kier alpha value is -3.09. The van der Waals surface area contributed by atoms with Gasteiger partial charge in [0.2, 0.25) is 0 Å². The van der Waals surface area contributed by atoms with Crippen LogP contribution in [0.4, 0.5) is 0 Å². The van der Waals surface area contributed by atoms with Gasteiger partial charge in [-0.2, -0.15) is 5.26 Å². The Bertz CT molecular complexity index is 918. The number of carbonyl (C=O) groups excluding carboxylic acids is 1. The number of hydrogen-bond donors (Lipinski definition) is 2. The van der Waals surface area contributed by atoms with Crippen molar-refractivity contribution in [3.05, 3.63) is 53.6 Å². The highest BCUT2D eigenvalue weighted by atomic mass is 32.2. The Labute approximate surface area is 145 Å². The lowest BCUT2D eigenvalue weighted by Crippen LogP contribution is -2.41. The van der Waals surface area contributed by atoms with Crippen LogP contribution in [0.15, 0.2) is 47.4 Å². The van der Waals surface area contributed by atoms with Crippen molar-refractivity contribution in [3.8, 4) is 17.6 Å². The monoisotopic (exact) mass is 361 g/mol. The summed E-state index contributed by atoms with van der Waals surface area (Å²) in [6, 6.07) is 11.6. The van der Waals surface area contributed by atoms with E-state index < -0.39 is 15.9 Å². The Balaban J connectivity index is 2.11. The van der Waals surface area contributed by atoms with Gasteiger partial charge in [-0.05, 0) is 42.5 Å². The Morgan fingerprint density at radius 3 is 2.24 bits per heavy atom. The Morgan fingerprint density at radius 2 is 1.68 bits per heavy atom. The molecule has 0 aliphatic heterocycles. The van der Waals surface area contributed by atoms with Crippen molar-refractivity contribution in [3.63, 3.8) is 0 Å². The van der Waals surface area contributed by atoms with E-state index in [0.29, 0.717) is 17.1 Å². The second-order valence-electron chi connectivity index (χ2n) is 4.77. The number of rotatable bonds is 6. The van der Waals surface area contributed by atoms with Crippen molar-refractivity contribution in [2.75, 3.05) is 14.2 Å². The summed E-state index contributed by atoms with van der Waals surface area (Å²) in [5, 5.41) is 8.72. The largest absolute Gasteiger partial charge is 0.493 e. The zero-order valence-electron chi connectivity index (χ0n) is 13.4. The minimum Gasteiger partial charge on any atom is -0.493 e. The first-order chi connectivity index (χ1) is 11.9. The molecule has 2 aromatic rings. The van der Waals surface area contributed by atoms with E-state index >= 15 is 0 Å². The van der Waals surface area contributed by atoms with Crippen LogP contribution in [0.25, 0.3) is 0 Å². The zero-order chi connectivity index (χ0) is 18.4. The molecule has 130 valence electrons. The van der Waals surface area contributed by atoms with E-state index in [2.05, 4.69) is 5.43 Å². The second-order valence-corrected chi connectivity index (χ2v) is 6.45. The molecule has 1 amide bonds. The van der Waals surface area contributed by atoms with Crippen molar-refractivity contribution >= 4 is 15.9 Å². The van der Waals surface area contributed by atoms with Gasteiger partial charge >= 0.3 is 0 Å². The number of hydrogen-bond acceptors (Lipinski definition) is 6. The summed E-state index contributed by atoms with van der Waals surface area (Å²) in [5.41, 5.74) is 2.62. The lowest BCUT2D eigenvalue weighted by atomic mass is 10.2. The van der Waals surface area contributed by atoms with E-state index in [1.54, 1.807) is 0 Å². The van der Waals surface area contributed by atoms with E-state index in [1.165, 1.54) is 56.7 Å². The molecule has 2 aromatic carbocycles. The molecule has 0 aliphatic carbocycles. The molecule has 9 heteroatoms. The van der Waals surface area contributed by atoms with E-state index in [1.807, 2.05) is 10.9 Å². The molecule has 0 unspecified atom stereocenters. The highest BCUT2D eigenvalue weighted by molar-refractivity contribution is 7.89. The Kier molecular flexibility index (Phi) is 5.59. The van der Waals surface area contributed by atoms with Gasteiger partial charge in [0.1, 0.15) is 0 Å². The fraction of sp³-hybridized carbons (Fsp3) is 0.125. The maximum atomic E-state index is 12.1. The summed E-state index contributed by atoms with van der Waals surface area (Å²) in [7, 11) is -1.08. The first-order valence-electron chi connectivity index (χ1n) is 6.95. The van der Waals surface area contributed by atoms with Crippen LogP contribution in [0.2, 0.25) is 0 Å². The lowest BCUT2D eigenvalue weighted by molar-refractivity contribution is 0.0944. The number of benzene rings is 2. The molecule has 25 heavy (non-hydrogen) atoms. The second kappa shape index (κ2) is 7.65. The summed E-state index contributed by atoms with van der Waals surface area (Å²) in [5.74, 6) is 0.112. The summed E-state index contributed by atoms with van der Waals surface area (Å²) in [6.07, 6.45) is 0. The number of nitrogens with zero attached hydrogens (tertiary/aromatic N) is 1. The van der Waals surface area contributed by atoms with E-state index in [4.69, 9.17) is 14.7 Å². The number of amides is 1. The lowest BCUT2D eigenvalue weighted by Gasteiger charge is -2.11. The maximum absolute atomic E-state index is 12.1. The van der Waals surface area contributed by atoms with E-state index in [-0.39, 0.29) is 10.5 Å². The van der Waals surface area contributed by atoms with Gasteiger partial charge in [0, 0.05) is 5.56 Å². The molecule has 0 fully saturated rings. The fourth-order valence-electron chi connectivity index (χ4n) is 1.93. The number of sulfonamides is 1. The minimum atomic E-state index is -3.96. The minimum absolute atomic E-state index is 0.0842. The number of nitriles is 1. The van der Waals surface area contributed by atoms with Gasteiger partial charge in [-0.3, -0.25) is 10.2 Å². The third-order valence-corrected chi connectivity index (χ3v) is 4.50. The highest BCUT2D eigenvalue weighted by Gasteiger charge is 2.16. The first-order valence-corrected chi connectivity index (χ1v) is 8.44. The van der Waals surface area contributed by atoms with Gasteiger partial charge in [-0.25, -0.2) is 8.42 Å². The normalized spacial score (nSPS) is 10.6. The topological polar surface area (TPSA) is 118 Å². The predicted molar refractivity (Wildman–Crippen MR) is 88.5 cm³/mol. The number of nitrogens with one attached hydrogen (secondary N) is 2. The van der Waals surface area contributed by atoms with Crippen molar-refractivity contribution in [1.29, 1.82) is 5.26 Å². The molecule has 0 saturated heterocycles. The summed E-state index contributed by atoms with van der Waals surface area (Å²) >= 11 is 0. The van der Waals surface area contributed by atoms with Gasteiger partial charge in [-0.1, -0.05) is 0 Å². The summed E-state index contributed by atoms with van der Waals surface area (Å²) in [4.78, 5) is 14.0. The molecular formula is C16H15N3O5S. The van der Waals surface area contributed by atoms with Crippen LogP contribution in [0.1, 0.15) is 15.9 Å². The smallest absolute Gasteiger partial charge is 0.266 e. The number of methoxy groups -OCH3 is 2. The number of ether oxygens (including phenoxy) is 2. The van der Waals surface area contributed by atoms with Crippen LogP contribution >= 0.6 is 0 Å². The Morgan fingerprint density at radius 1 is 1.04 bits per heavy atom. The fourth-order valence-corrected chi connectivity index (χ4v) is 2.77. The van der Waals surface area contributed by atoms with Crippen LogP contribution in [0, 0.1) is 11.3 Å². The van der Waals surface area contributed by atoms with Crippen molar-refractivity contribution in [2.45, 2.75) is 4.90 Å². The maximum Gasteiger partial charge on any atom is 0.266 e. The average Bonchev–Trinajstić information content (AvgIpc) is 2.65. The van der Waals surface area contributed by atoms with Gasteiger partial charge < -0.3 is 9.47 Å². The van der Waals surface area contributed by atoms with Crippen LogP contribution in [-0.2, 0) is 10.0 Å². The highest BCUT2D eigenvalue weighted by Crippen LogP contribution is 2.27. The van der Waals surface area contributed by atoms with Crippen LogP contribution in [-0.4, -0.2) is 28.5 Å². The molecule has 0 aliphatic rings. The van der Waals surface area contributed by atoms with Gasteiger partial charge in [0.25, 0.3) is 15.9 Å². The third-order valence-electron chi connectivity index (χ3n) is 3.24. The van der Waals surface area contributed by atoms with Crippen molar-refractivity contribution < 1.29 is 22.7 Å². The molecule has 0 aromatic heterocycles. The molecule has 8 nitrogen and oxygen atoms in total. The third kappa shape index (κ3) is 4.26. The average molecular weight is 361 g/mol. The molecule has 0 atom stereocenters. The van der Waals surface area contributed by atoms with Crippen molar-refractivity contribution in [1.82, 2.24) is 10.3 Å². The molecular weight excluding hydrogens is 346 g/mol. The molecule has 0 bridgehead atoms. The van der Waals surface area contributed by atoms with E-state index in [0.717, 1.165) is 0 Å². The molecule has 2 rings (SSSR count). The molecule has 0 heterocycles. The molecule has 0 spiro atoms. The number of carbonyl (C=O) groups is 1. The van der Waals surface area contributed by atoms with Crippen LogP contribution in [0.3, 0.4) is 0 Å². The van der Waals surface area contributed by atoms with Gasteiger partial charge in [0.05, 0.1) is 30.7 Å². The SMILES string of the molecule is COc1ccc(C(=O)NNS(=O)(=O)c2ccc(C#N)cc2)cc1OC. The van der Waals surface area contributed by atoms with E-state index in [9.17, 15) is 13.2 Å². The number of hydrazine groups is 1. The van der Waals surface area contributed by atoms with Gasteiger partial charge in [0.15, 0.2) is 11.5 Å². The predicted octanol–water partition coefficient (Wildman–Crippen LogP) is 1.20. The summed E-state index contributed by atoms with van der Waals surface area (Å²) < 4.78 is 34.4. The quantitative estimate of drug-likeness (QED) is 0.747. The molecule has 0 saturated carbocycles. The van der Waals surface area contributed by atoms with Gasteiger partial charge in [-0.15, -0.1) is 4.83 Å². The van der Waals surface area contributed by atoms with Crippen LogP contribution < -0.4 is 19.7 Å². The summed E-state index contributed by atoms with van der Waals surface area (Å²) in [6.45, 7) is 0.